The number of pyridine rings is 1. The van der Waals surface area contributed by atoms with Gasteiger partial charge in [-0.1, -0.05) is 6.07 Å². The molecule has 4 nitrogen and oxygen atoms in total. The van der Waals surface area contributed by atoms with Crippen molar-refractivity contribution < 1.29 is 0 Å². The minimum absolute atomic E-state index is 0.221. The van der Waals surface area contributed by atoms with Gasteiger partial charge in [-0.25, -0.2) is 0 Å². The van der Waals surface area contributed by atoms with Crippen molar-refractivity contribution in [2.45, 2.75) is 32.0 Å². The molecule has 0 saturated carbocycles. The van der Waals surface area contributed by atoms with Gasteiger partial charge in [0.1, 0.15) is 0 Å². The van der Waals surface area contributed by atoms with Gasteiger partial charge in [0.25, 0.3) is 0 Å². The Hall–Kier alpha value is -0.970. The number of aromatic nitrogens is 1. The van der Waals surface area contributed by atoms with Crippen molar-refractivity contribution >= 4 is 0 Å². The van der Waals surface area contributed by atoms with Gasteiger partial charge in [0.2, 0.25) is 0 Å². The predicted molar refractivity (Wildman–Crippen MR) is 79.1 cm³/mol. The zero-order chi connectivity index (χ0) is 13.9. The van der Waals surface area contributed by atoms with Gasteiger partial charge in [0.05, 0.1) is 5.69 Å². The highest BCUT2D eigenvalue weighted by Crippen LogP contribution is 2.23. The molecule has 1 aromatic heterocycles. The average Bonchev–Trinajstić information content (AvgIpc) is 2.37. The van der Waals surface area contributed by atoms with E-state index in [1.807, 2.05) is 19.3 Å². The average molecular weight is 262 g/mol. The Kier molecular flexibility index (Phi) is 4.55. The van der Waals surface area contributed by atoms with Gasteiger partial charge >= 0.3 is 0 Å². The van der Waals surface area contributed by atoms with Crippen LogP contribution >= 0.6 is 0 Å². The van der Waals surface area contributed by atoms with Gasteiger partial charge in [-0.05, 0) is 40.1 Å². The summed E-state index contributed by atoms with van der Waals surface area (Å²) >= 11 is 0. The predicted octanol–water partition coefficient (Wildman–Crippen LogP) is 1.20. The van der Waals surface area contributed by atoms with Crippen LogP contribution in [0.1, 0.15) is 19.5 Å². The third kappa shape index (κ3) is 3.53. The lowest BCUT2D eigenvalue weighted by Gasteiger charge is -2.49. The Bertz CT molecular complexity index is 390. The van der Waals surface area contributed by atoms with E-state index in [2.05, 4.69) is 53.1 Å². The number of nitrogens with zero attached hydrogens (tertiary/aromatic N) is 3. The summed E-state index contributed by atoms with van der Waals surface area (Å²) in [5.74, 6) is 0. The van der Waals surface area contributed by atoms with E-state index in [0.717, 1.165) is 31.9 Å². The number of likely N-dealkylation sites (N-methyl/N-ethyl adjacent to an activating group) is 2. The summed E-state index contributed by atoms with van der Waals surface area (Å²) in [7, 11) is 4.25. The molecular weight excluding hydrogens is 236 g/mol. The fourth-order valence-electron chi connectivity index (χ4n) is 2.74. The molecule has 2 rings (SSSR count). The van der Waals surface area contributed by atoms with Crippen molar-refractivity contribution in [1.82, 2.24) is 20.1 Å². The Morgan fingerprint density at radius 1 is 1.42 bits per heavy atom. The van der Waals surface area contributed by atoms with E-state index in [-0.39, 0.29) is 5.54 Å². The molecule has 4 heteroatoms. The Morgan fingerprint density at radius 3 is 2.84 bits per heavy atom. The molecule has 0 bridgehead atoms. The second kappa shape index (κ2) is 5.99. The standard InChI is InChI=1S/C15H26N4/c1-15(2)12-19(10-13-7-5-6-8-17-13)14(9-16-3)11-18(15)4/h5-8,14,16H,9-12H2,1-4H3. The molecule has 1 fully saturated rings. The van der Waals surface area contributed by atoms with E-state index in [9.17, 15) is 0 Å². The summed E-state index contributed by atoms with van der Waals surface area (Å²) in [6, 6.07) is 6.70. The van der Waals surface area contributed by atoms with Crippen LogP contribution in [0.3, 0.4) is 0 Å². The quantitative estimate of drug-likeness (QED) is 0.883. The zero-order valence-corrected chi connectivity index (χ0v) is 12.6. The molecule has 1 N–H and O–H groups in total. The highest BCUT2D eigenvalue weighted by molar-refractivity contribution is 5.05. The molecule has 0 spiro atoms. The molecule has 0 aromatic carbocycles. The molecule has 1 aliphatic rings. The molecule has 1 aromatic rings. The van der Waals surface area contributed by atoms with Crippen LogP contribution < -0.4 is 5.32 Å². The molecule has 0 radical (unpaired) electrons. The maximum atomic E-state index is 4.46. The van der Waals surface area contributed by atoms with Gasteiger partial charge in [-0.2, -0.15) is 0 Å². The third-order valence-corrected chi connectivity index (χ3v) is 4.16. The Labute approximate surface area is 116 Å². The lowest BCUT2D eigenvalue weighted by molar-refractivity contribution is -0.00538. The first-order valence-electron chi connectivity index (χ1n) is 7.03. The maximum absolute atomic E-state index is 4.46. The smallest absolute Gasteiger partial charge is 0.0544 e. The number of hydrogen-bond donors (Lipinski definition) is 1. The topological polar surface area (TPSA) is 31.4 Å². The van der Waals surface area contributed by atoms with Crippen molar-refractivity contribution in [2.75, 3.05) is 33.7 Å². The lowest BCUT2D eigenvalue weighted by atomic mass is 9.96. The Balaban J connectivity index is 2.10. The summed E-state index contributed by atoms with van der Waals surface area (Å²) in [5, 5.41) is 3.31. The second-order valence-electron chi connectivity index (χ2n) is 6.13. The van der Waals surface area contributed by atoms with Crippen LogP contribution in [0.5, 0.6) is 0 Å². The van der Waals surface area contributed by atoms with Gasteiger partial charge in [-0.15, -0.1) is 0 Å². The van der Waals surface area contributed by atoms with Gasteiger partial charge in [0, 0.05) is 44.0 Å². The zero-order valence-electron chi connectivity index (χ0n) is 12.6. The first-order chi connectivity index (χ1) is 9.03. The molecular formula is C15H26N4. The number of nitrogens with one attached hydrogen (secondary N) is 1. The fraction of sp³-hybridized carbons (Fsp3) is 0.667. The SMILES string of the molecule is CNCC1CN(C)C(C)(C)CN1Cc1ccccn1. The van der Waals surface area contributed by atoms with E-state index >= 15 is 0 Å². The monoisotopic (exact) mass is 262 g/mol. The molecule has 1 atom stereocenters. The van der Waals surface area contributed by atoms with Crippen molar-refractivity contribution in [3.05, 3.63) is 30.1 Å². The first-order valence-corrected chi connectivity index (χ1v) is 7.03. The fourth-order valence-corrected chi connectivity index (χ4v) is 2.74. The van der Waals surface area contributed by atoms with Crippen molar-refractivity contribution in [2.24, 2.45) is 0 Å². The second-order valence-corrected chi connectivity index (χ2v) is 6.13. The van der Waals surface area contributed by atoms with Crippen molar-refractivity contribution in [3.63, 3.8) is 0 Å². The van der Waals surface area contributed by atoms with Crippen LogP contribution in [-0.4, -0.2) is 60.1 Å². The van der Waals surface area contributed by atoms with Crippen LogP contribution in [0.4, 0.5) is 0 Å². The summed E-state index contributed by atoms with van der Waals surface area (Å²) < 4.78 is 0. The van der Waals surface area contributed by atoms with Crippen LogP contribution in [-0.2, 0) is 6.54 Å². The van der Waals surface area contributed by atoms with E-state index in [0.29, 0.717) is 6.04 Å². The van der Waals surface area contributed by atoms with E-state index in [1.165, 1.54) is 0 Å². The van der Waals surface area contributed by atoms with Crippen LogP contribution in [0.15, 0.2) is 24.4 Å². The van der Waals surface area contributed by atoms with E-state index < -0.39 is 0 Å². The molecule has 2 heterocycles. The van der Waals surface area contributed by atoms with Gasteiger partial charge in [0.15, 0.2) is 0 Å². The first kappa shape index (κ1) is 14.4. The lowest BCUT2D eigenvalue weighted by Crippen LogP contribution is -2.63. The third-order valence-electron chi connectivity index (χ3n) is 4.16. The van der Waals surface area contributed by atoms with Crippen LogP contribution in [0.25, 0.3) is 0 Å². The van der Waals surface area contributed by atoms with Crippen LogP contribution in [0.2, 0.25) is 0 Å². The number of rotatable bonds is 4. The highest BCUT2D eigenvalue weighted by Gasteiger charge is 2.36. The van der Waals surface area contributed by atoms with E-state index in [4.69, 9.17) is 0 Å². The molecule has 19 heavy (non-hydrogen) atoms. The molecule has 106 valence electrons. The largest absolute Gasteiger partial charge is 0.318 e. The van der Waals surface area contributed by atoms with Gasteiger partial charge < -0.3 is 5.32 Å². The van der Waals surface area contributed by atoms with Crippen molar-refractivity contribution in [1.29, 1.82) is 0 Å². The van der Waals surface area contributed by atoms with E-state index in [1.54, 1.807) is 0 Å². The summed E-state index contributed by atoms with van der Waals surface area (Å²) in [6.07, 6.45) is 1.88. The van der Waals surface area contributed by atoms with Gasteiger partial charge in [-0.3, -0.25) is 14.8 Å². The summed E-state index contributed by atoms with van der Waals surface area (Å²) in [5.41, 5.74) is 1.38. The van der Waals surface area contributed by atoms with Crippen molar-refractivity contribution in [3.8, 4) is 0 Å². The molecule has 1 unspecified atom stereocenters. The minimum Gasteiger partial charge on any atom is -0.318 e. The normalized spacial score (nSPS) is 24.5. The molecule has 0 aliphatic carbocycles. The summed E-state index contributed by atoms with van der Waals surface area (Å²) in [4.78, 5) is 9.48. The highest BCUT2D eigenvalue weighted by atomic mass is 15.3. The minimum atomic E-state index is 0.221. The molecule has 1 saturated heterocycles. The number of piperazine rings is 1. The summed E-state index contributed by atoms with van der Waals surface area (Å²) in [6.45, 7) is 8.76. The molecule has 0 amide bonds. The molecule has 1 aliphatic heterocycles. The number of hydrogen-bond acceptors (Lipinski definition) is 4. The maximum Gasteiger partial charge on any atom is 0.0544 e. The van der Waals surface area contributed by atoms with Crippen LogP contribution in [0, 0.1) is 0 Å². The Morgan fingerprint density at radius 2 is 2.21 bits per heavy atom.